The van der Waals surface area contributed by atoms with Crippen molar-refractivity contribution in [3.8, 4) is 0 Å². The second-order valence-electron chi connectivity index (χ2n) is 4.29. The molecule has 102 valence electrons. The predicted octanol–water partition coefficient (Wildman–Crippen LogP) is 3.42. The summed E-state index contributed by atoms with van der Waals surface area (Å²) in [6.45, 7) is 0.297. The van der Waals surface area contributed by atoms with Gasteiger partial charge in [0.1, 0.15) is 5.82 Å². The Morgan fingerprint density at radius 2 is 1.89 bits per heavy atom. The van der Waals surface area contributed by atoms with Crippen molar-refractivity contribution in [2.45, 2.75) is 19.3 Å². The summed E-state index contributed by atoms with van der Waals surface area (Å²) in [5.41, 5.74) is -0.0163. The number of carbonyl (C=O) groups is 2. The molecule has 19 heavy (non-hydrogen) atoms. The minimum Gasteiger partial charge on any atom is -0.302 e. The Hall–Kier alpha value is -1.13. The predicted molar refractivity (Wildman–Crippen MR) is 72.7 cm³/mol. The molecule has 6 heteroatoms. The molecule has 1 aromatic carbocycles. The number of rotatable bonds is 5. The number of benzene rings is 1. The Balaban J connectivity index is 2.26. The summed E-state index contributed by atoms with van der Waals surface area (Å²) >= 11 is 11.4. The quantitative estimate of drug-likeness (QED) is 0.475. The topological polar surface area (TPSA) is 37.4 Å². The summed E-state index contributed by atoms with van der Waals surface area (Å²) in [4.78, 5) is 24.8. The molecule has 0 saturated heterocycles. The van der Waals surface area contributed by atoms with Crippen LogP contribution in [0.2, 0.25) is 5.02 Å². The van der Waals surface area contributed by atoms with Crippen molar-refractivity contribution >= 4 is 40.6 Å². The van der Waals surface area contributed by atoms with Crippen LogP contribution in [0.5, 0.6) is 0 Å². The number of alkyl halides is 1. The number of anilines is 1. The third-order valence-electron chi connectivity index (χ3n) is 3.03. The number of carbonyl (C=O) groups excluding carboxylic acids is 2. The largest absolute Gasteiger partial charge is 0.302 e. The van der Waals surface area contributed by atoms with Crippen LogP contribution in [0.3, 0.4) is 0 Å². The lowest BCUT2D eigenvalue weighted by molar-refractivity contribution is -0.114. The van der Waals surface area contributed by atoms with E-state index in [0.717, 1.165) is 12.8 Å². The van der Waals surface area contributed by atoms with Crippen LogP contribution in [0.4, 0.5) is 10.1 Å². The van der Waals surface area contributed by atoms with E-state index in [4.69, 9.17) is 23.2 Å². The van der Waals surface area contributed by atoms with Crippen LogP contribution >= 0.6 is 23.2 Å². The summed E-state index contributed by atoms with van der Waals surface area (Å²) in [5.74, 6) is -1.51. The number of amides is 1. The first-order valence-corrected chi connectivity index (χ1v) is 6.89. The number of nitrogens with zero attached hydrogens (tertiary/aromatic N) is 1. The van der Waals surface area contributed by atoms with Crippen molar-refractivity contribution in [2.75, 3.05) is 17.3 Å². The van der Waals surface area contributed by atoms with E-state index in [0.29, 0.717) is 18.8 Å². The van der Waals surface area contributed by atoms with Crippen LogP contribution in [0.1, 0.15) is 29.6 Å². The normalized spacial score (nSPS) is 14.2. The lowest BCUT2D eigenvalue weighted by atomic mass is 10.1. The van der Waals surface area contributed by atoms with Gasteiger partial charge in [0.2, 0.25) is 0 Å². The summed E-state index contributed by atoms with van der Waals surface area (Å²) in [7, 11) is 0. The number of ketones is 1. The first-order chi connectivity index (χ1) is 9.07. The van der Waals surface area contributed by atoms with Crippen LogP contribution in [-0.4, -0.2) is 24.1 Å². The van der Waals surface area contributed by atoms with Crippen LogP contribution in [0, 0.1) is 5.82 Å². The highest BCUT2D eigenvalue weighted by molar-refractivity contribution is 6.55. The van der Waals surface area contributed by atoms with E-state index in [1.54, 1.807) is 0 Å². The summed E-state index contributed by atoms with van der Waals surface area (Å²) < 4.78 is 13.8. The van der Waals surface area contributed by atoms with Crippen molar-refractivity contribution in [2.24, 2.45) is 0 Å². The Kier molecular flexibility index (Phi) is 4.42. The Morgan fingerprint density at radius 1 is 1.16 bits per heavy atom. The van der Waals surface area contributed by atoms with E-state index in [-0.39, 0.29) is 16.3 Å². The molecule has 0 fully saturated rings. The number of fused-ring (bicyclic) bond motifs is 1. The molecule has 0 bridgehead atoms. The average Bonchev–Trinajstić information content (AvgIpc) is 2.65. The fourth-order valence-electron chi connectivity index (χ4n) is 2.11. The van der Waals surface area contributed by atoms with Gasteiger partial charge in [0, 0.05) is 12.4 Å². The standard InChI is InChI=1S/C13H12Cl2FNO2/c14-6-2-1-3-7-17-11-9(16)5-4-8(15)10(11)12(18)13(17)19/h4-5H,1-3,6-7H2. The monoisotopic (exact) mass is 303 g/mol. The maximum atomic E-state index is 13.8. The highest BCUT2D eigenvalue weighted by Gasteiger charge is 2.39. The van der Waals surface area contributed by atoms with Gasteiger partial charge in [-0.05, 0) is 25.0 Å². The van der Waals surface area contributed by atoms with E-state index in [2.05, 4.69) is 0 Å². The van der Waals surface area contributed by atoms with Crippen molar-refractivity contribution in [3.63, 3.8) is 0 Å². The average molecular weight is 304 g/mol. The first-order valence-electron chi connectivity index (χ1n) is 5.98. The van der Waals surface area contributed by atoms with Gasteiger partial charge in [-0.2, -0.15) is 0 Å². The summed E-state index contributed by atoms with van der Waals surface area (Å²) in [5, 5.41) is 0.109. The molecule has 0 radical (unpaired) electrons. The van der Waals surface area contributed by atoms with Gasteiger partial charge < -0.3 is 4.90 Å². The number of unbranched alkanes of at least 4 members (excludes halogenated alkanes) is 2. The molecule has 0 aromatic heterocycles. The fourth-order valence-corrected chi connectivity index (χ4v) is 2.53. The second kappa shape index (κ2) is 5.88. The molecular weight excluding hydrogens is 292 g/mol. The Bertz CT molecular complexity index is 534. The molecule has 0 N–H and O–H groups in total. The van der Waals surface area contributed by atoms with E-state index in [9.17, 15) is 14.0 Å². The van der Waals surface area contributed by atoms with Gasteiger partial charge in [0.15, 0.2) is 0 Å². The number of Topliss-reactive ketones (excluding diaryl/α,β-unsaturated/α-hetero) is 1. The van der Waals surface area contributed by atoms with Gasteiger partial charge in [0.25, 0.3) is 11.7 Å². The fraction of sp³-hybridized carbons (Fsp3) is 0.385. The maximum absolute atomic E-state index is 13.8. The SMILES string of the molecule is O=C1C(=O)N(CCCCCCl)c2c(F)ccc(Cl)c21. The molecule has 0 atom stereocenters. The van der Waals surface area contributed by atoms with Crippen LogP contribution in [-0.2, 0) is 4.79 Å². The van der Waals surface area contributed by atoms with E-state index < -0.39 is 17.5 Å². The van der Waals surface area contributed by atoms with Gasteiger partial charge in [-0.3, -0.25) is 9.59 Å². The van der Waals surface area contributed by atoms with Crippen molar-refractivity contribution in [3.05, 3.63) is 28.5 Å². The zero-order valence-corrected chi connectivity index (χ0v) is 11.6. The lowest BCUT2D eigenvalue weighted by Crippen LogP contribution is -2.31. The van der Waals surface area contributed by atoms with Crippen molar-refractivity contribution in [1.29, 1.82) is 0 Å². The number of halogens is 3. The molecule has 0 unspecified atom stereocenters. The van der Waals surface area contributed by atoms with Crippen LogP contribution < -0.4 is 4.90 Å². The molecule has 3 nitrogen and oxygen atoms in total. The highest BCUT2D eigenvalue weighted by atomic mass is 35.5. The molecule has 0 aliphatic carbocycles. The smallest absolute Gasteiger partial charge is 0.299 e. The number of hydrogen-bond donors (Lipinski definition) is 0. The molecule has 1 heterocycles. The summed E-state index contributed by atoms with van der Waals surface area (Å²) in [6.07, 6.45) is 2.30. The highest BCUT2D eigenvalue weighted by Crippen LogP contribution is 2.36. The van der Waals surface area contributed by atoms with Gasteiger partial charge in [0.05, 0.1) is 16.3 Å². The molecule has 2 rings (SSSR count). The first kappa shape index (κ1) is 14.3. The van der Waals surface area contributed by atoms with E-state index in [1.807, 2.05) is 0 Å². The molecule has 1 aliphatic rings. The molecule has 1 aromatic rings. The van der Waals surface area contributed by atoms with Gasteiger partial charge in [-0.1, -0.05) is 18.0 Å². The molecule has 0 spiro atoms. The number of hydrogen-bond acceptors (Lipinski definition) is 2. The Morgan fingerprint density at radius 3 is 2.58 bits per heavy atom. The van der Waals surface area contributed by atoms with Crippen molar-refractivity contribution < 1.29 is 14.0 Å². The van der Waals surface area contributed by atoms with Gasteiger partial charge in [-0.15, -0.1) is 11.6 Å². The molecule has 1 aliphatic heterocycles. The third kappa shape index (κ3) is 2.60. The second-order valence-corrected chi connectivity index (χ2v) is 5.07. The third-order valence-corrected chi connectivity index (χ3v) is 3.61. The van der Waals surface area contributed by atoms with E-state index in [1.165, 1.54) is 17.0 Å². The zero-order valence-electron chi connectivity index (χ0n) is 10.1. The molecule has 1 amide bonds. The maximum Gasteiger partial charge on any atom is 0.299 e. The van der Waals surface area contributed by atoms with E-state index >= 15 is 0 Å². The lowest BCUT2D eigenvalue weighted by Gasteiger charge is -2.16. The van der Waals surface area contributed by atoms with Crippen LogP contribution in [0.25, 0.3) is 0 Å². The zero-order chi connectivity index (χ0) is 14.0. The molecular formula is C13H12Cl2FNO2. The van der Waals surface area contributed by atoms with Crippen molar-refractivity contribution in [1.82, 2.24) is 0 Å². The van der Waals surface area contributed by atoms with Gasteiger partial charge in [-0.25, -0.2) is 4.39 Å². The van der Waals surface area contributed by atoms with Gasteiger partial charge >= 0.3 is 0 Å². The van der Waals surface area contributed by atoms with Crippen LogP contribution in [0.15, 0.2) is 12.1 Å². The minimum atomic E-state index is -0.739. The molecule has 0 saturated carbocycles. The summed E-state index contributed by atoms with van der Waals surface area (Å²) in [6, 6.07) is 2.46. The Labute approximate surface area is 120 Å². The minimum absolute atomic E-state index is 0.00775.